The molecule has 1 aromatic rings. The summed E-state index contributed by atoms with van der Waals surface area (Å²) in [5.74, 6) is -0.637. The summed E-state index contributed by atoms with van der Waals surface area (Å²) < 4.78 is 1.62. The molecule has 0 saturated carbocycles. The lowest BCUT2D eigenvalue weighted by molar-refractivity contribution is 0.0686. The van der Waals surface area contributed by atoms with Crippen molar-refractivity contribution in [3.8, 4) is 0 Å². The Bertz CT molecular complexity index is 227. The second-order valence-corrected chi connectivity index (χ2v) is 1.83. The summed E-state index contributed by atoms with van der Waals surface area (Å²) in [4.78, 5) is 10.4. The molecular weight excluding hydrogens is 118 g/mol. The lowest BCUT2D eigenvalue weighted by Gasteiger charge is -1.88. The molecule has 3 heteroatoms. The average Bonchev–Trinajstić information content (AvgIpc) is 2.13. The number of carbonyl (C=O) groups is 1. The van der Waals surface area contributed by atoms with Crippen LogP contribution in [-0.2, 0) is 7.05 Å². The molecule has 0 aliphatic carbocycles. The van der Waals surface area contributed by atoms with Crippen LogP contribution in [0.25, 0.3) is 0 Å². The highest BCUT2D eigenvalue weighted by Crippen LogP contribution is 1.97. The monoisotopic (exact) mass is 126 g/mol. The van der Waals surface area contributed by atoms with E-state index in [0.29, 0.717) is 5.69 Å². The molecule has 0 unspecified atom stereocenters. The highest BCUT2D eigenvalue weighted by atomic mass is 16.4. The number of carbonyl (C=O) groups excluding carboxylic acids is 1. The van der Waals surface area contributed by atoms with Gasteiger partial charge in [0.05, 0.1) is 0 Å². The van der Waals surface area contributed by atoms with Crippen molar-refractivity contribution >= 4 is 5.97 Å². The van der Waals surface area contributed by atoms with Gasteiger partial charge >= 0.3 is 5.97 Å². The van der Waals surface area contributed by atoms with E-state index in [-0.39, 0.29) is 0 Å². The lowest BCUT2D eigenvalue weighted by Crippen LogP contribution is -2.02. The van der Waals surface area contributed by atoms with Crippen LogP contribution < -0.4 is 0 Å². The molecule has 3 nitrogen and oxygen atoms in total. The Kier molecular flexibility index (Phi) is 1.26. The first kappa shape index (κ1) is 5.88. The standard InChI is InChI=1S/C6H7NO2/c1-7-4-2-3-5(7)6(8)9/h2-4H,1H3,(H,8,9)/p+1. The molecule has 0 bridgehead atoms. The Balaban J connectivity index is 3.08. The smallest absolute Gasteiger partial charge is 0.560 e. The first-order chi connectivity index (χ1) is 4.22. The molecule has 2 N–H and O–H groups in total. The van der Waals surface area contributed by atoms with Crippen LogP contribution in [0.1, 0.15) is 10.5 Å². The summed E-state index contributed by atoms with van der Waals surface area (Å²) in [6, 6.07) is 3.36. The van der Waals surface area contributed by atoms with E-state index in [2.05, 4.69) is 0 Å². The fourth-order valence-electron chi connectivity index (χ4n) is 0.697. The number of aromatic nitrogens is 1. The Labute approximate surface area is 52.5 Å². The van der Waals surface area contributed by atoms with Crippen molar-refractivity contribution in [2.75, 3.05) is 0 Å². The summed E-state index contributed by atoms with van der Waals surface area (Å²) in [5, 5.41) is 6.72. The van der Waals surface area contributed by atoms with Gasteiger partial charge in [0.2, 0.25) is 0 Å². The maximum atomic E-state index is 10.4. The van der Waals surface area contributed by atoms with Crippen LogP contribution in [0.15, 0.2) is 18.3 Å². The largest absolute Gasteiger partial charge is 0.565 e. The molecule has 0 saturated heterocycles. The quantitative estimate of drug-likeness (QED) is 0.484. The van der Waals surface area contributed by atoms with Crippen LogP contribution in [0.2, 0.25) is 0 Å². The Morgan fingerprint density at radius 2 is 2.44 bits per heavy atom. The molecule has 0 spiro atoms. The molecule has 1 heterocycles. The summed E-state index contributed by atoms with van der Waals surface area (Å²) in [7, 11) is 1.74. The third kappa shape index (κ3) is 0.937. The fraction of sp³-hybridized carbons (Fsp3) is 0.167. The molecule has 0 amide bonds. The predicted octanol–water partition coefficient (Wildman–Crippen LogP) is -0.110. The van der Waals surface area contributed by atoms with Gasteiger partial charge in [-0.1, -0.05) is 0 Å². The highest BCUT2D eigenvalue weighted by Gasteiger charge is 2.12. The lowest BCUT2D eigenvalue weighted by atomic mass is 10.4. The van der Waals surface area contributed by atoms with E-state index < -0.39 is 5.97 Å². The molecule has 48 valence electrons. The van der Waals surface area contributed by atoms with Gasteiger partial charge in [0.1, 0.15) is 0 Å². The molecule has 0 atom stereocenters. The number of aryl methyl sites for hydroxylation is 1. The van der Waals surface area contributed by atoms with E-state index in [0.717, 1.165) is 0 Å². The molecule has 0 aromatic carbocycles. The van der Waals surface area contributed by atoms with Gasteiger partial charge in [-0.15, -0.1) is 0 Å². The second-order valence-electron chi connectivity index (χ2n) is 1.83. The van der Waals surface area contributed by atoms with Crippen LogP contribution in [0.5, 0.6) is 0 Å². The third-order valence-corrected chi connectivity index (χ3v) is 1.18. The average molecular weight is 126 g/mol. The Morgan fingerprint density at radius 1 is 1.78 bits per heavy atom. The number of hydrogen-bond acceptors (Lipinski definition) is 1. The third-order valence-electron chi connectivity index (χ3n) is 1.18. The van der Waals surface area contributed by atoms with E-state index in [1.807, 2.05) is 0 Å². The first-order valence-electron chi connectivity index (χ1n) is 2.59. The molecule has 1 aromatic heterocycles. The number of hydrogen-bond donors (Lipinski definition) is 0. The molecule has 0 fully saturated rings. The van der Waals surface area contributed by atoms with Crippen molar-refractivity contribution < 1.29 is 9.90 Å². The highest BCUT2D eigenvalue weighted by molar-refractivity contribution is 5.85. The van der Waals surface area contributed by atoms with Gasteiger partial charge in [-0.3, -0.25) is 0 Å². The summed E-state index contributed by atoms with van der Waals surface area (Å²) in [6.45, 7) is 0. The normalized spacial score (nSPS) is 9.44. The maximum absolute atomic E-state index is 10.4. The number of rotatable bonds is 1. The van der Waals surface area contributed by atoms with Gasteiger partial charge in [-0.25, -0.2) is 0 Å². The van der Waals surface area contributed by atoms with Crippen molar-refractivity contribution in [1.29, 1.82) is 0 Å². The van der Waals surface area contributed by atoms with Gasteiger partial charge in [0.15, 0.2) is 5.69 Å². The number of nitrogens with zero attached hydrogens (tertiary/aromatic N) is 1. The minimum Gasteiger partial charge on any atom is -0.560 e. The summed E-state index contributed by atoms with van der Waals surface area (Å²) in [6.07, 6.45) is 1.74. The molecular formula is C6H8NO2+. The maximum Gasteiger partial charge on any atom is 0.565 e. The second kappa shape index (κ2) is 1.93. The van der Waals surface area contributed by atoms with Crippen LogP contribution >= 0.6 is 0 Å². The van der Waals surface area contributed by atoms with Gasteiger partial charge in [0.25, 0.3) is 0 Å². The van der Waals surface area contributed by atoms with E-state index in [4.69, 9.17) is 5.11 Å². The van der Waals surface area contributed by atoms with Crippen LogP contribution in [-0.4, -0.2) is 15.6 Å². The molecule has 9 heavy (non-hydrogen) atoms. The topological polar surface area (TPSA) is 44.9 Å². The zero-order valence-corrected chi connectivity index (χ0v) is 5.09. The Hall–Kier alpha value is -1.25. The fourth-order valence-corrected chi connectivity index (χ4v) is 0.697. The predicted molar refractivity (Wildman–Crippen MR) is 33.4 cm³/mol. The SMILES string of the molecule is Cn1cccc1C(=O)[OH2+]. The summed E-state index contributed by atoms with van der Waals surface area (Å²) in [5.41, 5.74) is 0.426. The van der Waals surface area contributed by atoms with Gasteiger partial charge < -0.3 is 9.67 Å². The van der Waals surface area contributed by atoms with Crippen LogP contribution in [0.3, 0.4) is 0 Å². The van der Waals surface area contributed by atoms with Gasteiger partial charge in [-0.05, 0) is 12.1 Å². The zero-order valence-electron chi connectivity index (χ0n) is 5.09. The van der Waals surface area contributed by atoms with Gasteiger partial charge in [-0.2, -0.15) is 0 Å². The van der Waals surface area contributed by atoms with Crippen molar-refractivity contribution in [2.24, 2.45) is 7.05 Å². The Morgan fingerprint density at radius 3 is 2.67 bits per heavy atom. The molecule has 0 aliphatic heterocycles. The van der Waals surface area contributed by atoms with Crippen LogP contribution in [0.4, 0.5) is 0 Å². The van der Waals surface area contributed by atoms with E-state index in [9.17, 15) is 4.79 Å². The van der Waals surface area contributed by atoms with Crippen molar-refractivity contribution in [2.45, 2.75) is 0 Å². The van der Waals surface area contributed by atoms with Crippen molar-refractivity contribution in [3.05, 3.63) is 24.0 Å². The molecule has 0 radical (unpaired) electrons. The van der Waals surface area contributed by atoms with E-state index in [1.165, 1.54) is 0 Å². The van der Waals surface area contributed by atoms with E-state index >= 15 is 0 Å². The zero-order chi connectivity index (χ0) is 6.85. The van der Waals surface area contributed by atoms with Crippen LogP contribution in [0, 0.1) is 0 Å². The van der Waals surface area contributed by atoms with Crippen molar-refractivity contribution in [1.82, 2.24) is 4.57 Å². The molecule has 0 aliphatic rings. The minimum atomic E-state index is -0.637. The summed E-state index contributed by atoms with van der Waals surface area (Å²) >= 11 is 0. The first-order valence-corrected chi connectivity index (χ1v) is 2.59. The molecule has 1 rings (SSSR count). The van der Waals surface area contributed by atoms with Gasteiger partial charge in [0, 0.05) is 18.0 Å². The minimum absolute atomic E-state index is 0.426. The van der Waals surface area contributed by atoms with Crippen molar-refractivity contribution in [3.63, 3.8) is 0 Å². The van der Waals surface area contributed by atoms with E-state index in [1.54, 1.807) is 29.9 Å².